The molecule has 88 valence electrons. The molecule has 4 nitrogen and oxygen atoms in total. The molecule has 0 saturated heterocycles. The fourth-order valence-electron chi connectivity index (χ4n) is 1.49. The fraction of sp³-hybridized carbons (Fsp3) is 0.250. The van der Waals surface area contributed by atoms with Crippen LogP contribution in [-0.2, 0) is 0 Å². The maximum Gasteiger partial charge on any atom is 0.297 e. The van der Waals surface area contributed by atoms with Crippen LogP contribution < -0.4 is 4.74 Å². The molecule has 0 saturated carbocycles. The number of H-pyrrole nitrogens is 1. The number of hydrogen-bond acceptors (Lipinski definition) is 4. The maximum absolute atomic E-state index is 5.04. The third-order valence-corrected chi connectivity index (χ3v) is 2.79. The summed E-state index contributed by atoms with van der Waals surface area (Å²) in [7, 11) is 1.54. The van der Waals surface area contributed by atoms with Crippen LogP contribution in [0.3, 0.4) is 0 Å². The molecule has 17 heavy (non-hydrogen) atoms. The summed E-state index contributed by atoms with van der Waals surface area (Å²) in [6.45, 7) is 4.13. The van der Waals surface area contributed by atoms with Gasteiger partial charge >= 0.3 is 0 Å². The molecular weight excluding hydrogens is 234 g/mol. The highest BCUT2D eigenvalue weighted by Crippen LogP contribution is 2.19. The Balaban J connectivity index is 2.55. The molecule has 0 spiro atoms. The average molecular weight is 247 g/mol. The molecular formula is C12H13N3OS. The van der Waals surface area contributed by atoms with Crippen LogP contribution in [-0.4, -0.2) is 22.1 Å². The molecule has 0 radical (unpaired) electrons. The van der Waals surface area contributed by atoms with E-state index in [2.05, 4.69) is 40.9 Å². The zero-order valence-corrected chi connectivity index (χ0v) is 10.8. The monoisotopic (exact) mass is 247 g/mol. The number of aromatic nitrogens is 3. The lowest BCUT2D eigenvalue weighted by Gasteiger charge is -2.06. The number of hydrogen-bond donors (Lipinski definition) is 1. The third kappa shape index (κ3) is 2.50. The first kappa shape index (κ1) is 11.7. The molecule has 0 aliphatic carbocycles. The SMILES string of the molecule is COc1nc(=S)nc(-c2ccc(C)c(C)c2)[nH]1. The maximum atomic E-state index is 5.04. The largest absolute Gasteiger partial charge is 0.468 e. The molecule has 2 aromatic rings. The molecule has 2 rings (SSSR count). The highest BCUT2D eigenvalue weighted by Gasteiger charge is 2.04. The van der Waals surface area contributed by atoms with Crippen LogP contribution >= 0.6 is 12.2 Å². The molecule has 5 heteroatoms. The number of benzene rings is 1. The molecule has 0 aliphatic rings. The van der Waals surface area contributed by atoms with Crippen LogP contribution in [0.1, 0.15) is 11.1 Å². The Morgan fingerprint density at radius 2 is 1.94 bits per heavy atom. The lowest BCUT2D eigenvalue weighted by molar-refractivity contribution is 0.378. The second kappa shape index (κ2) is 4.63. The first-order valence-corrected chi connectivity index (χ1v) is 5.61. The van der Waals surface area contributed by atoms with Crippen LogP contribution in [0.4, 0.5) is 0 Å². The zero-order valence-electron chi connectivity index (χ0n) is 9.94. The van der Waals surface area contributed by atoms with Crippen LogP contribution in [0.5, 0.6) is 6.01 Å². The normalized spacial score (nSPS) is 10.3. The van der Waals surface area contributed by atoms with Gasteiger partial charge in [0.25, 0.3) is 6.01 Å². The number of aromatic amines is 1. The number of nitrogens with zero attached hydrogens (tertiary/aromatic N) is 2. The molecule has 1 aromatic carbocycles. The fourth-order valence-corrected chi connectivity index (χ4v) is 1.66. The van der Waals surface area contributed by atoms with Gasteiger partial charge in [-0.3, -0.25) is 4.98 Å². The molecule has 1 heterocycles. The second-order valence-corrected chi connectivity index (χ2v) is 4.15. The predicted octanol–water partition coefficient (Wildman–Crippen LogP) is 2.83. The predicted molar refractivity (Wildman–Crippen MR) is 68.7 cm³/mol. The van der Waals surface area contributed by atoms with E-state index in [-0.39, 0.29) is 4.77 Å². The summed E-state index contributed by atoms with van der Waals surface area (Å²) in [6.07, 6.45) is 0. The molecule has 0 atom stereocenters. The quantitative estimate of drug-likeness (QED) is 0.829. The van der Waals surface area contributed by atoms with Gasteiger partial charge in [0, 0.05) is 5.56 Å². The minimum absolute atomic E-state index is 0.272. The van der Waals surface area contributed by atoms with E-state index >= 15 is 0 Å². The molecule has 1 N–H and O–H groups in total. The Hall–Kier alpha value is -1.75. The summed E-state index contributed by atoms with van der Waals surface area (Å²) in [5, 5.41) is 0. The van der Waals surface area contributed by atoms with Crippen molar-refractivity contribution < 1.29 is 4.74 Å². The molecule has 0 fully saturated rings. The molecule has 1 aromatic heterocycles. The van der Waals surface area contributed by atoms with E-state index in [1.807, 2.05) is 6.07 Å². The van der Waals surface area contributed by atoms with Crippen molar-refractivity contribution in [1.29, 1.82) is 0 Å². The van der Waals surface area contributed by atoms with E-state index in [1.165, 1.54) is 18.2 Å². The van der Waals surface area contributed by atoms with E-state index in [4.69, 9.17) is 17.0 Å². The van der Waals surface area contributed by atoms with Crippen LogP contribution in [0.15, 0.2) is 18.2 Å². The molecule has 0 aliphatic heterocycles. The van der Waals surface area contributed by atoms with Gasteiger partial charge in [0.05, 0.1) is 7.11 Å². The number of aryl methyl sites for hydroxylation is 2. The van der Waals surface area contributed by atoms with Crippen molar-refractivity contribution in [2.24, 2.45) is 0 Å². The van der Waals surface area contributed by atoms with E-state index < -0.39 is 0 Å². The Morgan fingerprint density at radius 1 is 1.18 bits per heavy atom. The summed E-state index contributed by atoms with van der Waals surface area (Å²) in [6, 6.07) is 6.48. The Morgan fingerprint density at radius 3 is 2.59 bits per heavy atom. The molecule has 0 unspecified atom stereocenters. The third-order valence-electron chi connectivity index (χ3n) is 2.60. The van der Waals surface area contributed by atoms with Gasteiger partial charge in [-0.25, -0.2) is 4.98 Å². The second-order valence-electron chi connectivity index (χ2n) is 3.79. The van der Waals surface area contributed by atoms with Gasteiger partial charge in [0.2, 0.25) is 4.77 Å². The highest BCUT2D eigenvalue weighted by molar-refractivity contribution is 7.71. The summed E-state index contributed by atoms with van der Waals surface area (Å²) in [5.41, 5.74) is 3.42. The molecule has 0 amide bonds. The van der Waals surface area contributed by atoms with Gasteiger partial charge in [0.15, 0.2) is 0 Å². The van der Waals surface area contributed by atoms with E-state index in [1.54, 1.807) is 0 Å². The lowest BCUT2D eigenvalue weighted by atomic mass is 10.1. The lowest BCUT2D eigenvalue weighted by Crippen LogP contribution is -1.98. The van der Waals surface area contributed by atoms with Gasteiger partial charge in [-0.2, -0.15) is 4.98 Å². The number of nitrogens with one attached hydrogen (secondary N) is 1. The van der Waals surface area contributed by atoms with Crippen LogP contribution in [0.2, 0.25) is 0 Å². The number of methoxy groups -OCH3 is 1. The van der Waals surface area contributed by atoms with Crippen molar-refractivity contribution in [2.75, 3.05) is 7.11 Å². The zero-order chi connectivity index (χ0) is 12.4. The minimum Gasteiger partial charge on any atom is -0.468 e. The van der Waals surface area contributed by atoms with Crippen molar-refractivity contribution in [3.63, 3.8) is 0 Å². The van der Waals surface area contributed by atoms with Gasteiger partial charge in [-0.1, -0.05) is 12.1 Å². The Kier molecular flexibility index (Phi) is 3.19. The highest BCUT2D eigenvalue weighted by atomic mass is 32.1. The summed E-state index contributed by atoms with van der Waals surface area (Å²) < 4.78 is 5.31. The van der Waals surface area contributed by atoms with Gasteiger partial charge < -0.3 is 4.74 Å². The Bertz CT molecular complexity index is 607. The Labute approximate surface area is 105 Å². The van der Waals surface area contributed by atoms with Crippen molar-refractivity contribution in [1.82, 2.24) is 15.0 Å². The number of rotatable bonds is 2. The van der Waals surface area contributed by atoms with Gasteiger partial charge in [0.1, 0.15) is 5.82 Å². The summed E-state index contributed by atoms with van der Waals surface area (Å²) in [5.74, 6) is 0.671. The van der Waals surface area contributed by atoms with E-state index in [0.717, 1.165) is 5.56 Å². The first-order valence-electron chi connectivity index (χ1n) is 5.20. The van der Waals surface area contributed by atoms with Crippen LogP contribution in [0.25, 0.3) is 11.4 Å². The van der Waals surface area contributed by atoms with E-state index in [9.17, 15) is 0 Å². The topological polar surface area (TPSA) is 50.8 Å². The smallest absolute Gasteiger partial charge is 0.297 e. The molecule has 0 bridgehead atoms. The van der Waals surface area contributed by atoms with Crippen molar-refractivity contribution in [3.05, 3.63) is 34.1 Å². The van der Waals surface area contributed by atoms with E-state index in [0.29, 0.717) is 11.8 Å². The van der Waals surface area contributed by atoms with Gasteiger partial charge in [-0.15, -0.1) is 0 Å². The van der Waals surface area contributed by atoms with Crippen molar-refractivity contribution in [3.8, 4) is 17.4 Å². The summed E-state index contributed by atoms with van der Waals surface area (Å²) in [4.78, 5) is 11.1. The van der Waals surface area contributed by atoms with Crippen molar-refractivity contribution in [2.45, 2.75) is 13.8 Å². The van der Waals surface area contributed by atoms with Crippen LogP contribution in [0, 0.1) is 18.6 Å². The average Bonchev–Trinajstić information content (AvgIpc) is 2.32. The minimum atomic E-state index is 0.272. The first-order chi connectivity index (χ1) is 8.10. The standard InChI is InChI=1S/C12H13N3OS/c1-7-4-5-9(6-8(7)2)10-13-11(16-3)15-12(17)14-10/h4-6H,1-3H3,(H,13,14,15,17). The van der Waals surface area contributed by atoms with Crippen molar-refractivity contribution >= 4 is 12.2 Å². The summed E-state index contributed by atoms with van der Waals surface area (Å²) >= 11 is 4.99. The number of ether oxygens (including phenoxy) is 1. The van der Waals surface area contributed by atoms with Gasteiger partial charge in [-0.05, 0) is 43.3 Å².